The molecular formula is C27H30F2N6O4. The van der Waals surface area contributed by atoms with E-state index in [4.69, 9.17) is 10.5 Å². The number of nitrogens with two attached hydrogens (primary N) is 1. The number of aromatic nitrogens is 2. The zero-order valence-electron chi connectivity index (χ0n) is 21.6. The fourth-order valence-corrected chi connectivity index (χ4v) is 4.40. The van der Waals surface area contributed by atoms with E-state index in [0.29, 0.717) is 43.6 Å². The largest absolute Gasteiger partial charge is 0.494 e. The van der Waals surface area contributed by atoms with Gasteiger partial charge in [-0.15, -0.1) is 0 Å². The van der Waals surface area contributed by atoms with Crippen molar-refractivity contribution in [3.05, 3.63) is 65.1 Å². The van der Waals surface area contributed by atoms with Crippen LogP contribution in [-0.4, -0.2) is 53.9 Å². The third-order valence-electron chi connectivity index (χ3n) is 6.62. The van der Waals surface area contributed by atoms with Crippen LogP contribution in [0.5, 0.6) is 5.75 Å². The van der Waals surface area contributed by atoms with Gasteiger partial charge in [-0.05, 0) is 55.2 Å². The van der Waals surface area contributed by atoms with Crippen molar-refractivity contribution in [1.82, 2.24) is 20.6 Å². The normalized spacial score (nSPS) is 16.2. The SMILES string of the molecule is CCc1cc(NC(=O)c2ncc(-c3ccc(OC)c(F)c3F)[nH]2)ccc1C(=O)NC1CC(C(=O)NCCN)C1. The molecule has 1 saturated carbocycles. The highest BCUT2D eigenvalue weighted by Gasteiger charge is 2.35. The number of benzene rings is 2. The fraction of sp³-hybridized carbons (Fsp3) is 0.333. The van der Waals surface area contributed by atoms with Gasteiger partial charge in [-0.2, -0.15) is 4.39 Å². The number of rotatable bonds is 10. The molecule has 1 aliphatic carbocycles. The first-order valence-corrected chi connectivity index (χ1v) is 12.6. The van der Waals surface area contributed by atoms with Crippen LogP contribution in [0.2, 0.25) is 0 Å². The zero-order valence-corrected chi connectivity index (χ0v) is 21.6. The topological polar surface area (TPSA) is 151 Å². The molecule has 206 valence electrons. The second-order valence-electron chi connectivity index (χ2n) is 9.19. The smallest absolute Gasteiger partial charge is 0.291 e. The molecule has 3 amide bonds. The van der Waals surface area contributed by atoms with Crippen molar-refractivity contribution in [2.75, 3.05) is 25.5 Å². The molecule has 1 heterocycles. The van der Waals surface area contributed by atoms with E-state index in [-0.39, 0.29) is 46.6 Å². The molecule has 12 heteroatoms. The Morgan fingerprint density at radius 1 is 1.13 bits per heavy atom. The van der Waals surface area contributed by atoms with Crippen LogP contribution >= 0.6 is 0 Å². The first kappa shape index (κ1) is 27.7. The number of aryl methyl sites for hydroxylation is 1. The zero-order chi connectivity index (χ0) is 28.1. The van der Waals surface area contributed by atoms with Gasteiger partial charge in [0.25, 0.3) is 11.8 Å². The van der Waals surface area contributed by atoms with Crippen LogP contribution in [0.1, 0.15) is 46.3 Å². The maximum Gasteiger partial charge on any atom is 0.291 e. The number of methoxy groups -OCH3 is 1. The van der Waals surface area contributed by atoms with Crippen molar-refractivity contribution < 1.29 is 27.9 Å². The minimum absolute atomic E-state index is 0.0507. The molecule has 10 nitrogen and oxygen atoms in total. The molecule has 2 aromatic carbocycles. The molecule has 0 bridgehead atoms. The Morgan fingerprint density at radius 3 is 2.59 bits per heavy atom. The summed E-state index contributed by atoms with van der Waals surface area (Å²) in [6, 6.07) is 7.42. The number of hydrogen-bond donors (Lipinski definition) is 5. The second kappa shape index (κ2) is 12.0. The van der Waals surface area contributed by atoms with E-state index in [1.54, 1.807) is 18.2 Å². The molecule has 0 atom stereocenters. The van der Waals surface area contributed by atoms with Crippen LogP contribution < -0.4 is 26.4 Å². The Morgan fingerprint density at radius 2 is 1.90 bits per heavy atom. The number of nitrogens with one attached hydrogen (secondary N) is 4. The predicted molar refractivity (Wildman–Crippen MR) is 140 cm³/mol. The van der Waals surface area contributed by atoms with E-state index in [0.717, 1.165) is 5.56 Å². The summed E-state index contributed by atoms with van der Waals surface area (Å²) in [6.07, 6.45) is 2.90. The molecule has 0 radical (unpaired) electrons. The Hall–Kier alpha value is -4.32. The summed E-state index contributed by atoms with van der Waals surface area (Å²) < 4.78 is 33.3. The summed E-state index contributed by atoms with van der Waals surface area (Å²) in [4.78, 5) is 44.3. The van der Waals surface area contributed by atoms with E-state index in [9.17, 15) is 23.2 Å². The number of imidazole rings is 1. The van der Waals surface area contributed by atoms with E-state index in [2.05, 4.69) is 25.9 Å². The first-order valence-electron chi connectivity index (χ1n) is 12.6. The lowest BCUT2D eigenvalue weighted by molar-refractivity contribution is -0.128. The number of nitrogens with zero attached hydrogens (tertiary/aromatic N) is 1. The number of halogens is 2. The van der Waals surface area contributed by atoms with Gasteiger partial charge < -0.3 is 31.4 Å². The number of anilines is 1. The number of ether oxygens (including phenoxy) is 1. The average Bonchev–Trinajstić information content (AvgIpc) is 3.40. The lowest BCUT2D eigenvalue weighted by atomic mass is 9.79. The van der Waals surface area contributed by atoms with Crippen LogP contribution in [-0.2, 0) is 11.2 Å². The highest BCUT2D eigenvalue weighted by atomic mass is 19.2. The third kappa shape index (κ3) is 6.06. The number of hydrogen-bond acceptors (Lipinski definition) is 6. The third-order valence-corrected chi connectivity index (χ3v) is 6.62. The Bertz CT molecular complexity index is 1390. The van der Waals surface area contributed by atoms with Gasteiger partial charge in [-0.1, -0.05) is 6.92 Å². The van der Waals surface area contributed by atoms with Crippen LogP contribution in [0.25, 0.3) is 11.3 Å². The van der Waals surface area contributed by atoms with Gasteiger partial charge in [0.15, 0.2) is 17.4 Å². The lowest BCUT2D eigenvalue weighted by Gasteiger charge is -2.34. The summed E-state index contributed by atoms with van der Waals surface area (Å²) in [6.45, 7) is 2.69. The van der Waals surface area contributed by atoms with Crippen molar-refractivity contribution in [2.24, 2.45) is 11.7 Å². The quantitative estimate of drug-likeness (QED) is 0.267. The molecule has 3 aromatic rings. The highest BCUT2D eigenvalue weighted by molar-refractivity contribution is 6.03. The molecule has 0 spiro atoms. The van der Waals surface area contributed by atoms with E-state index in [1.807, 2.05) is 6.92 Å². The van der Waals surface area contributed by atoms with E-state index < -0.39 is 17.5 Å². The van der Waals surface area contributed by atoms with Crippen molar-refractivity contribution in [3.63, 3.8) is 0 Å². The summed E-state index contributed by atoms with van der Waals surface area (Å²) in [5.41, 5.74) is 7.06. The van der Waals surface area contributed by atoms with Crippen molar-refractivity contribution >= 4 is 23.4 Å². The number of aromatic amines is 1. The minimum Gasteiger partial charge on any atom is -0.494 e. The van der Waals surface area contributed by atoms with Crippen LogP contribution in [0.15, 0.2) is 36.5 Å². The second-order valence-corrected chi connectivity index (χ2v) is 9.19. The molecule has 39 heavy (non-hydrogen) atoms. The molecule has 1 fully saturated rings. The molecule has 6 N–H and O–H groups in total. The average molecular weight is 541 g/mol. The van der Waals surface area contributed by atoms with Crippen molar-refractivity contribution in [1.29, 1.82) is 0 Å². The molecule has 1 aromatic heterocycles. The van der Waals surface area contributed by atoms with Gasteiger partial charge in [0.2, 0.25) is 11.7 Å². The summed E-state index contributed by atoms with van der Waals surface area (Å²) in [5, 5.41) is 8.41. The fourth-order valence-electron chi connectivity index (χ4n) is 4.40. The number of carbonyl (C=O) groups is 3. The highest BCUT2D eigenvalue weighted by Crippen LogP contribution is 2.30. The van der Waals surface area contributed by atoms with E-state index >= 15 is 0 Å². The summed E-state index contributed by atoms with van der Waals surface area (Å²) in [7, 11) is 1.23. The Kier molecular flexibility index (Phi) is 8.55. The van der Waals surface area contributed by atoms with Gasteiger partial charge in [-0.3, -0.25) is 14.4 Å². The van der Waals surface area contributed by atoms with Gasteiger partial charge in [-0.25, -0.2) is 9.37 Å². The molecule has 4 rings (SSSR count). The Balaban J connectivity index is 1.39. The molecular weight excluding hydrogens is 510 g/mol. The molecule has 1 aliphatic rings. The minimum atomic E-state index is -1.14. The molecule has 0 aliphatic heterocycles. The van der Waals surface area contributed by atoms with Crippen molar-refractivity contribution in [3.8, 4) is 17.0 Å². The summed E-state index contributed by atoms with van der Waals surface area (Å²) in [5.74, 6) is -3.63. The van der Waals surface area contributed by atoms with Gasteiger partial charge in [0.05, 0.1) is 19.0 Å². The number of amides is 3. The predicted octanol–water partition coefficient (Wildman–Crippen LogP) is 2.76. The van der Waals surface area contributed by atoms with Crippen molar-refractivity contribution in [2.45, 2.75) is 32.2 Å². The van der Waals surface area contributed by atoms with Crippen LogP contribution in [0.3, 0.4) is 0 Å². The molecule has 0 saturated heterocycles. The maximum atomic E-state index is 14.4. The maximum absolute atomic E-state index is 14.4. The van der Waals surface area contributed by atoms with Gasteiger partial charge >= 0.3 is 0 Å². The summed E-state index contributed by atoms with van der Waals surface area (Å²) >= 11 is 0. The number of H-pyrrole nitrogens is 1. The first-order chi connectivity index (χ1) is 18.7. The lowest BCUT2D eigenvalue weighted by Crippen LogP contribution is -2.50. The van der Waals surface area contributed by atoms with Crippen LogP contribution in [0.4, 0.5) is 14.5 Å². The number of carbonyl (C=O) groups excluding carboxylic acids is 3. The standard InChI is InChI=1S/C27H30F2N6O4/c1-3-14-10-16(4-5-18(14)26(37)34-17-11-15(12-17)25(36)31-9-8-30)33-27(38)24-32-13-20(35-24)19-6-7-21(39-2)23(29)22(19)28/h4-7,10,13,15,17H,3,8-9,11-12,30H2,1-2H3,(H,31,36)(H,32,35)(H,33,38)(H,34,37). The molecule has 0 unspecified atom stereocenters. The van der Waals surface area contributed by atoms with Gasteiger partial charge in [0.1, 0.15) is 0 Å². The van der Waals surface area contributed by atoms with E-state index in [1.165, 1.54) is 25.4 Å². The van der Waals surface area contributed by atoms with Gasteiger partial charge in [0, 0.05) is 41.9 Å². The Labute approximate surface area is 223 Å². The van der Waals surface area contributed by atoms with Crippen LogP contribution in [0, 0.1) is 17.6 Å². The monoisotopic (exact) mass is 540 g/mol.